The molecule has 0 aromatic carbocycles. The van der Waals surface area contributed by atoms with Gasteiger partial charge in [0.25, 0.3) is 0 Å². The molecule has 0 saturated heterocycles. The molecule has 12 heavy (non-hydrogen) atoms. The lowest BCUT2D eigenvalue weighted by molar-refractivity contribution is 0.210. The van der Waals surface area contributed by atoms with Gasteiger partial charge in [-0.15, -0.1) is 0 Å². The van der Waals surface area contributed by atoms with E-state index in [9.17, 15) is 0 Å². The van der Waals surface area contributed by atoms with Crippen LogP contribution >= 0.6 is 0 Å². The van der Waals surface area contributed by atoms with Crippen LogP contribution in [0.1, 0.15) is 19.8 Å². The van der Waals surface area contributed by atoms with Gasteiger partial charge in [0.1, 0.15) is 7.11 Å². The largest absolute Gasteiger partial charge is 0.399 e. The lowest BCUT2D eigenvalue weighted by Crippen LogP contribution is -2.16. The van der Waals surface area contributed by atoms with Crippen LogP contribution < -0.4 is 0 Å². The van der Waals surface area contributed by atoms with Gasteiger partial charge in [-0.25, -0.2) is 0 Å². The highest BCUT2D eigenvalue weighted by molar-refractivity contribution is 5.85. The molecule has 2 bridgehead atoms. The van der Waals surface area contributed by atoms with Crippen molar-refractivity contribution >= 4 is 5.71 Å². The summed E-state index contributed by atoms with van der Waals surface area (Å²) in [6.45, 7) is 2.07. The minimum atomic E-state index is 0.653. The van der Waals surface area contributed by atoms with Crippen LogP contribution in [0, 0.1) is 17.8 Å². The van der Waals surface area contributed by atoms with E-state index in [2.05, 4.69) is 24.2 Å². The number of oxime groups is 1. The standard InChI is InChI=1S/C10H15NO/c1-7(11-12-2)10-6-8-3-4-9(10)5-8/h3-4,8-10H,5-6H2,1-2H3/b11-7-/t8-,9+,10-/m0/s1. The van der Waals surface area contributed by atoms with Crippen LogP contribution in [-0.4, -0.2) is 12.8 Å². The van der Waals surface area contributed by atoms with Crippen LogP contribution in [0.4, 0.5) is 0 Å². The second kappa shape index (κ2) is 2.92. The van der Waals surface area contributed by atoms with E-state index in [1.807, 2.05) is 0 Å². The summed E-state index contributed by atoms with van der Waals surface area (Å²) in [6, 6.07) is 0. The monoisotopic (exact) mass is 165 g/mol. The number of fused-ring (bicyclic) bond motifs is 2. The average Bonchev–Trinajstić information content (AvgIpc) is 2.64. The smallest absolute Gasteiger partial charge is 0.106 e. The van der Waals surface area contributed by atoms with E-state index in [1.54, 1.807) is 7.11 Å². The Balaban J connectivity index is 2.07. The van der Waals surface area contributed by atoms with E-state index in [4.69, 9.17) is 4.84 Å². The summed E-state index contributed by atoms with van der Waals surface area (Å²) in [6.07, 6.45) is 7.30. The summed E-state index contributed by atoms with van der Waals surface area (Å²) < 4.78 is 0. The van der Waals surface area contributed by atoms with Crippen molar-refractivity contribution < 1.29 is 4.84 Å². The summed E-state index contributed by atoms with van der Waals surface area (Å²) >= 11 is 0. The zero-order chi connectivity index (χ0) is 8.55. The molecule has 0 aliphatic heterocycles. The maximum absolute atomic E-state index is 4.79. The number of hydrogen-bond donors (Lipinski definition) is 0. The first kappa shape index (κ1) is 7.84. The van der Waals surface area contributed by atoms with Crippen molar-refractivity contribution in [2.24, 2.45) is 22.9 Å². The van der Waals surface area contributed by atoms with Gasteiger partial charge in [-0.2, -0.15) is 0 Å². The molecular weight excluding hydrogens is 150 g/mol. The molecule has 1 saturated carbocycles. The first-order chi connectivity index (χ1) is 5.81. The van der Waals surface area contributed by atoms with Crippen molar-refractivity contribution in [1.29, 1.82) is 0 Å². The molecule has 0 heterocycles. The van der Waals surface area contributed by atoms with Crippen LogP contribution in [0.3, 0.4) is 0 Å². The fraction of sp³-hybridized carbons (Fsp3) is 0.700. The van der Waals surface area contributed by atoms with Gasteiger partial charge in [-0.05, 0) is 31.6 Å². The molecule has 2 aliphatic carbocycles. The summed E-state index contributed by atoms with van der Waals surface area (Å²) in [7, 11) is 1.62. The summed E-state index contributed by atoms with van der Waals surface area (Å²) in [5.41, 5.74) is 1.16. The third kappa shape index (κ3) is 1.15. The van der Waals surface area contributed by atoms with E-state index in [0.29, 0.717) is 5.92 Å². The van der Waals surface area contributed by atoms with Gasteiger partial charge in [0.15, 0.2) is 0 Å². The fourth-order valence-corrected chi connectivity index (χ4v) is 2.47. The van der Waals surface area contributed by atoms with E-state index in [-0.39, 0.29) is 0 Å². The molecule has 1 fully saturated rings. The second-order valence-electron chi connectivity index (χ2n) is 3.80. The molecule has 0 N–H and O–H groups in total. The van der Waals surface area contributed by atoms with Crippen molar-refractivity contribution in [3.8, 4) is 0 Å². The summed E-state index contributed by atoms with van der Waals surface area (Å²) in [4.78, 5) is 4.79. The quantitative estimate of drug-likeness (QED) is 0.349. The Bertz CT molecular complexity index is 232. The summed E-state index contributed by atoms with van der Waals surface area (Å²) in [5.74, 6) is 2.22. The molecule has 0 aromatic heterocycles. The molecule has 2 heteroatoms. The highest BCUT2D eigenvalue weighted by Crippen LogP contribution is 2.43. The molecule has 2 rings (SSSR count). The normalized spacial score (nSPS) is 39.2. The average molecular weight is 165 g/mol. The van der Waals surface area contributed by atoms with Crippen LogP contribution in [0.5, 0.6) is 0 Å². The Morgan fingerprint density at radius 2 is 2.25 bits per heavy atom. The predicted molar refractivity (Wildman–Crippen MR) is 49.0 cm³/mol. The SMILES string of the molecule is CO/N=C(/C)[C@@H]1C[C@H]2C=C[C@@H]1C2. The van der Waals surface area contributed by atoms with Crippen molar-refractivity contribution in [3.63, 3.8) is 0 Å². The van der Waals surface area contributed by atoms with Crippen LogP contribution in [0.2, 0.25) is 0 Å². The van der Waals surface area contributed by atoms with Gasteiger partial charge in [0.2, 0.25) is 0 Å². The van der Waals surface area contributed by atoms with E-state index < -0.39 is 0 Å². The molecule has 0 radical (unpaired) electrons. The molecular formula is C10H15NO. The molecule has 0 amide bonds. The van der Waals surface area contributed by atoms with Crippen molar-refractivity contribution in [3.05, 3.63) is 12.2 Å². The van der Waals surface area contributed by atoms with Crippen LogP contribution in [-0.2, 0) is 4.84 Å². The highest BCUT2D eigenvalue weighted by atomic mass is 16.6. The minimum Gasteiger partial charge on any atom is -0.399 e. The first-order valence-corrected chi connectivity index (χ1v) is 4.57. The molecule has 3 atom stereocenters. The van der Waals surface area contributed by atoms with Crippen molar-refractivity contribution in [2.45, 2.75) is 19.8 Å². The van der Waals surface area contributed by atoms with E-state index >= 15 is 0 Å². The lowest BCUT2D eigenvalue weighted by atomic mass is 9.90. The van der Waals surface area contributed by atoms with Crippen molar-refractivity contribution in [1.82, 2.24) is 0 Å². The Kier molecular flexibility index (Phi) is 1.91. The van der Waals surface area contributed by atoms with Crippen LogP contribution in [0.15, 0.2) is 17.3 Å². The Morgan fingerprint density at radius 1 is 1.42 bits per heavy atom. The van der Waals surface area contributed by atoms with Gasteiger partial charge >= 0.3 is 0 Å². The minimum absolute atomic E-state index is 0.653. The Morgan fingerprint density at radius 3 is 2.75 bits per heavy atom. The second-order valence-corrected chi connectivity index (χ2v) is 3.80. The first-order valence-electron chi connectivity index (χ1n) is 4.57. The van der Waals surface area contributed by atoms with E-state index in [1.165, 1.54) is 12.8 Å². The molecule has 0 spiro atoms. The van der Waals surface area contributed by atoms with E-state index in [0.717, 1.165) is 17.5 Å². The molecule has 0 aromatic rings. The lowest BCUT2D eigenvalue weighted by Gasteiger charge is -2.16. The van der Waals surface area contributed by atoms with Gasteiger partial charge in [0.05, 0.1) is 5.71 Å². The zero-order valence-corrected chi connectivity index (χ0v) is 7.66. The number of nitrogens with zero attached hydrogens (tertiary/aromatic N) is 1. The van der Waals surface area contributed by atoms with Gasteiger partial charge in [-0.3, -0.25) is 0 Å². The van der Waals surface area contributed by atoms with Gasteiger partial charge in [-0.1, -0.05) is 17.3 Å². The van der Waals surface area contributed by atoms with Crippen molar-refractivity contribution in [2.75, 3.05) is 7.11 Å². The summed E-state index contributed by atoms with van der Waals surface area (Å²) in [5, 5.41) is 4.01. The number of allylic oxidation sites excluding steroid dienone is 2. The fourth-order valence-electron chi connectivity index (χ4n) is 2.47. The molecule has 2 nitrogen and oxygen atoms in total. The Labute approximate surface area is 73.3 Å². The molecule has 66 valence electrons. The topological polar surface area (TPSA) is 21.6 Å². The number of hydrogen-bond acceptors (Lipinski definition) is 2. The maximum Gasteiger partial charge on any atom is 0.106 e. The third-order valence-electron chi connectivity index (χ3n) is 3.05. The zero-order valence-electron chi connectivity index (χ0n) is 7.66. The van der Waals surface area contributed by atoms with Crippen LogP contribution in [0.25, 0.3) is 0 Å². The van der Waals surface area contributed by atoms with Gasteiger partial charge in [0, 0.05) is 5.92 Å². The predicted octanol–water partition coefficient (Wildman–Crippen LogP) is 2.22. The molecule has 2 aliphatic rings. The molecule has 0 unspecified atom stereocenters. The number of rotatable bonds is 2. The third-order valence-corrected chi connectivity index (χ3v) is 3.05. The highest BCUT2D eigenvalue weighted by Gasteiger charge is 2.37. The Hall–Kier alpha value is -0.790. The van der Waals surface area contributed by atoms with Gasteiger partial charge < -0.3 is 4.84 Å². The maximum atomic E-state index is 4.79.